The molecule has 0 amide bonds. The predicted octanol–water partition coefficient (Wildman–Crippen LogP) is 10.5. The van der Waals surface area contributed by atoms with Crippen LogP contribution >= 0.6 is 0 Å². The maximum absolute atomic E-state index is 11.6. The lowest BCUT2D eigenvalue weighted by Crippen LogP contribution is -2.40. The third-order valence-corrected chi connectivity index (χ3v) is 16.0. The van der Waals surface area contributed by atoms with Crippen LogP contribution in [0.1, 0.15) is 151 Å². The minimum atomic E-state index is -0.437. The second-order valence-electron chi connectivity index (χ2n) is 20.6. The molecular formula is C51H66N6O3. The summed E-state index contributed by atoms with van der Waals surface area (Å²) in [6, 6.07) is 11.7. The first-order valence-electron chi connectivity index (χ1n) is 21.8. The number of aryl methyl sites for hydroxylation is 3. The van der Waals surface area contributed by atoms with E-state index in [9.17, 15) is 15.3 Å². The molecule has 9 nitrogen and oxygen atoms in total. The van der Waals surface area contributed by atoms with Crippen LogP contribution in [0.3, 0.4) is 0 Å². The van der Waals surface area contributed by atoms with Gasteiger partial charge in [0.15, 0.2) is 0 Å². The van der Waals surface area contributed by atoms with E-state index in [1.807, 2.05) is 94.5 Å². The lowest BCUT2D eigenvalue weighted by Gasteiger charge is -2.37. The molecule has 9 heteroatoms. The third kappa shape index (κ3) is 7.44. The highest BCUT2D eigenvalue weighted by Crippen LogP contribution is 2.52. The zero-order valence-corrected chi connectivity index (χ0v) is 37.9. The van der Waals surface area contributed by atoms with Crippen molar-refractivity contribution >= 4 is 37.3 Å². The van der Waals surface area contributed by atoms with Gasteiger partial charge in [0, 0.05) is 86.9 Å². The Hall–Kier alpha value is -4.92. The number of phenols is 3. The van der Waals surface area contributed by atoms with Gasteiger partial charge in [-0.15, -0.1) is 0 Å². The summed E-state index contributed by atoms with van der Waals surface area (Å²) in [4.78, 5) is 30.9. The molecule has 6 atom stereocenters. The Labute approximate surface area is 357 Å². The van der Waals surface area contributed by atoms with E-state index in [0.29, 0.717) is 33.4 Å². The van der Waals surface area contributed by atoms with Crippen LogP contribution in [0.4, 0.5) is 0 Å². The van der Waals surface area contributed by atoms with Crippen molar-refractivity contribution in [1.82, 2.24) is 0 Å². The topological polar surface area (TPSA) is 135 Å². The lowest BCUT2D eigenvalue weighted by atomic mass is 9.74. The summed E-state index contributed by atoms with van der Waals surface area (Å²) in [5.74, 6) is 0.479. The minimum Gasteiger partial charge on any atom is -0.507 e. The molecule has 0 aromatic heterocycles. The number of phenolic OH excluding ortho intramolecular Hbond substituents is 3. The van der Waals surface area contributed by atoms with Crippen molar-refractivity contribution in [3.63, 3.8) is 0 Å². The fraction of sp³-hybridized carbons (Fsp3) is 0.529. The number of nitrogens with zero attached hydrogens (tertiary/aromatic N) is 6. The average Bonchev–Trinajstić information content (AvgIpc) is 3.65. The van der Waals surface area contributed by atoms with E-state index in [2.05, 4.69) is 62.3 Å². The number of rotatable bonds is 0. The van der Waals surface area contributed by atoms with Gasteiger partial charge >= 0.3 is 0 Å². The summed E-state index contributed by atoms with van der Waals surface area (Å²) in [7, 11) is 0. The molecule has 3 aromatic carbocycles. The Bertz CT molecular complexity index is 2110. The minimum absolute atomic E-state index is 0.0282. The molecule has 3 aromatic rings. The van der Waals surface area contributed by atoms with Gasteiger partial charge in [-0.25, -0.2) is 0 Å². The van der Waals surface area contributed by atoms with Crippen molar-refractivity contribution in [2.45, 2.75) is 156 Å². The van der Waals surface area contributed by atoms with Gasteiger partial charge in [-0.3, -0.25) is 30.0 Å². The Balaban J connectivity index is 1.31. The maximum atomic E-state index is 11.6. The largest absolute Gasteiger partial charge is 0.507 e. The highest BCUT2D eigenvalue weighted by atomic mass is 16.3. The smallest absolute Gasteiger partial charge is 0.133 e. The van der Waals surface area contributed by atoms with Crippen molar-refractivity contribution in [2.75, 3.05) is 0 Å². The summed E-state index contributed by atoms with van der Waals surface area (Å²) in [5.41, 5.74) is 4.76. The normalized spacial score (nSPS) is 30.5. The molecule has 60 heavy (non-hydrogen) atoms. The van der Waals surface area contributed by atoms with Crippen LogP contribution < -0.4 is 0 Å². The molecule has 0 radical (unpaired) electrons. The van der Waals surface area contributed by atoms with E-state index in [0.717, 1.165) is 55.2 Å². The Morgan fingerprint density at radius 2 is 0.600 bits per heavy atom. The zero-order chi connectivity index (χ0) is 43.6. The van der Waals surface area contributed by atoms with E-state index < -0.39 is 16.6 Å². The van der Waals surface area contributed by atoms with Crippen LogP contribution in [0.15, 0.2) is 66.4 Å². The monoisotopic (exact) mass is 811 g/mol. The van der Waals surface area contributed by atoms with Gasteiger partial charge in [0.1, 0.15) is 17.2 Å². The van der Waals surface area contributed by atoms with Crippen LogP contribution in [-0.4, -0.2) is 87.3 Å². The van der Waals surface area contributed by atoms with E-state index >= 15 is 0 Å². The molecule has 0 saturated heterocycles. The molecule has 0 spiro atoms. The number of fused-ring (bicyclic) bond motifs is 12. The zero-order valence-electron chi connectivity index (χ0n) is 37.9. The first-order chi connectivity index (χ1) is 28.0. The van der Waals surface area contributed by atoms with Gasteiger partial charge in [0.05, 0.1) is 34.7 Å². The second-order valence-corrected chi connectivity index (χ2v) is 20.6. The molecule has 7 rings (SSSR count). The molecule has 1 aliphatic heterocycles. The molecule has 4 aliphatic rings. The second kappa shape index (κ2) is 15.2. The average molecular weight is 811 g/mol. The summed E-state index contributed by atoms with van der Waals surface area (Å²) in [6.45, 7) is 25.9. The van der Waals surface area contributed by atoms with Gasteiger partial charge in [-0.1, -0.05) is 41.5 Å². The van der Waals surface area contributed by atoms with Gasteiger partial charge in [0.25, 0.3) is 0 Å². The molecule has 3 fully saturated rings. The molecule has 0 unspecified atom stereocenters. The van der Waals surface area contributed by atoms with Gasteiger partial charge in [-0.2, -0.15) is 0 Å². The first kappa shape index (κ1) is 43.2. The number of aromatic hydroxyl groups is 3. The summed E-state index contributed by atoms with van der Waals surface area (Å²) >= 11 is 0. The predicted molar refractivity (Wildman–Crippen MR) is 250 cm³/mol. The summed E-state index contributed by atoms with van der Waals surface area (Å²) in [5, 5.41) is 34.8. The fourth-order valence-corrected chi connectivity index (χ4v) is 10.1. The maximum Gasteiger partial charge on any atom is 0.133 e. The number of hydrogen-bond donors (Lipinski definition) is 3. The Morgan fingerprint density at radius 3 is 0.833 bits per heavy atom. The summed E-state index contributed by atoms with van der Waals surface area (Å²) in [6.07, 6.45) is 15.9. The van der Waals surface area contributed by atoms with Crippen molar-refractivity contribution in [2.24, 2.45) is 46.2 Å². The van der Waals surface area contributed by atoms with Crippen molar-refractivity contribution < 1.29 is 15.3 Å². The molecule has 12 bridgehead atoms. The van der Waals surface area contributed by atoms with Gasteiger partial charge in [-0.05, 0) is 133 Å². The quantitative estimate of drug-likeness (QED) is 0.209. The van der Waals surface area contributed by atoms with Crippen LogP contribution in [0.5, 0.6) is 17.2 Å². The van der Waals surface area contributed by atoms with E-state index in [1.54, 1.807) is 0 Å². The van der Waals surface area contributed by atoms with Crippen LogP contribution in [0.2, 0.25) is 0 Å². The first-order valence-corrected chi connectivity index (χ1v) is 21.8. The lowest BCUT2D eigenvalue weighted by molar-refractivity contribution is 0.211. The highest BCUT2D eigenvalue weighted by Gasteiger charge is 2.53. The SMILES string of the molecule is Cc1cc2c(O)c(c1)C=N[C@@]1(C)CC[C@@H](N=Cc3cc(C)cc(c3O)C=N[C@@]3(C)CC[C@@H](N=Cc4cc(C)cc(c4O)C=N[C@@]4(C)CC[C@@H](N=C2)C4(C)C)C3(C)C)C1(C)C. The Morgan fingerprint density at radius 1 is 0.383 bits per heavy atom. The van der Waals surface area contributed by atoms with Crippen molar-refractivity contribution in [1.29, 1.82) is 0 Å². The molecule has 3 aliphatic carbocycles. The van der Waals surface area contributed by atoms with E-state index in [1.165, 1.54) is 0 Å². The molecule has 1 heterocycles. The van der Waals surface area contributed by atoms with Crippen molar-refractivity contribution in [3.05, 3.63) is 86.5 Å². The fourth-order valence-electron chi connectivity index (χ4n) is 10.1. The standard InChI is InChI=1S/C51H66N6O3/c1-31-19-34-25-52-40-13-17-50(11,46(40,4)5)56-29-38-23-33(3)21-36(45(38)60)27-54-42-15-18-51(12,48(42,8)9)57-30-39-24-32(2)20-35(44(39)59)26-53-41-14-16-49(10,47(41,6)7)55-28-37(22-31)43(34)58/h19-30,40-42,58-60H,13-18H2,1-12H3/t40-,41-,42-,49+,50+,51+/m1/s1. The molecular weight excluding hydrogens is 745 g/mol. The molecule has 3 N–H and O–H groups in total. The van der Waals surface area contributed by atoms with Gasteiger partial charge < -0.3 is 15.3 Å². The number of aliphatic imine (C=N–C) groups is 6. The highest BCUT2D eigenvalue weighted by molar-refractivity contribution is 5.94. The number of benzene rings is 3. The molecule has 3 saturated carbocycles. The van der Waals surface area contributed by atoms with Gasteiger partial charge in [0.2, 0.25) is 0 Å². The van der Waals surface area contributed by atoms with Crippen LogP contribution in [0, 0.1) is 37.0 Å². The summed E-state index contributed by atoms with van der Waals surface area (Å²) < 4.78 is 0. The third-order valence-electron chi connectivity index (χ3n) is 16.0. The van der Waals surface area contributed by atoms with Crippen LogP contribution in [0.25, 0.3) is 0 Å². The van der Waals surface area contributed by atoms with E-state index in [-0.39, 0.29) is 51.6 Å². The van der Waals surface area contributed by atoms with Crippen molar-refractivity contribution in [3.8, 4) is 17.2 Å². The molecule has 318 valence electrons. The Kier molecular flexibility index (Phi) is 10.9. The van der Waals surface area contributed by atoms with Crippen LogP contribution in [-0.2, 0) is 0 Å². The van der Waals surface area contributed by atoms with E-state index in [4.69, 9.17) is 30.0 Å². The number of hydrogen-bond acceptors (Lipinski definition) is 9.